The number of fused-ring (bicyclic) bond motifs is 1. The van der Waals surface area contributed by atoms with Crippen molar-refractivity contribution >= 4 is 23.4 Å². The average molecular weight is 291 g/mol. The van der Waals surface area contributed by atoms with Crippen LogP contribution in [0.3, 0.4) is 0 Å². The minimum Gasteiger partial charge on any atom is -0.465 e. The highest BCUT2D eigenvalue weighted by Gasteiger charge is 2.17. The van der Waals surface area contributed by atoms with Crippen molar-refractivity contribution < 1.29 is 9.53 Å². The predicted octanol–water partition coefficient (Wildman–Crippen LogP) is 2.20. The lowest BCUT2D eigenvalue weighted by Crippen LogP contribution is -2.14. The molecule has 5 nitrogen and oxygen atoms in total. The molecule has 2 aromatic heterocycles. The molecule has 3 rings (SSSR count). The Balaban J connectivity index is 1.81. The number of thioether (sulfide) groups is 1. The van der Waals surface area contributed by atoms with Crippen LogP contribution in [-0.4, -0.2) is 39.2 Å². The summed E-state index contributed by atoms with van der Waals surface area (Å²) >= 11 is 2.01. The Morgan fingerprint density at radius 3 is 3.20 bits per heavy atom. The van der Waals surface area contributed by atoms with Gasteiger partial charge >= 0.3 is 5.97 Å². The van der Waals surface area contributed by atoms with Gasteiger partial charge in [0.2, 0.25) is 0 Å². The first-order valence-corrected chi connectivity index (χ1v) is 7.93. The van der Waals surface area contributed by atoms with Crippen molar-refractivity contribution in [1.29, 1.82) is 0 Å². The first-order valence-electron chi connectivity index (χ1n) is 6.77. The normalized spacial score (nSPS) is 19.1. The van der Waals surface area contributed by atoms with Crippen LogP contribution < -0.4 is 0 Å². The Morgan fingerprint density at radius 2 is 2.45 bits per heavy atom. The highest BCUT2D eigenvalue weighted by atomic mass is 32.2. The topological polar surface area (TPSA) is 56.5 Å². The zero-order valence-electron chi connectivity index (χ0n) is 11.4. The van der Waals surface area contributed by atoms with Gasteiger partial charge < -0.3 is 4.74 Å². The fraction of sp³-hybridized carbons (Fsp3) is 0.500. The summed E-state index contributed by atoms with van der Waals surface area (Å²) in [5.74, 6) is 3.65. The van der Waals surface area contributed by atoms with Gasteiger partial charge in [0.15, 0.2) is 11.5 Å². The monoisotopic (exact) mass is 291 g/mol. The van der Waals surface area contributed by atoms with Gasteiger partial charge in [-0.3, -0.25) is 0 Å². The molecule has 1 aliphatic rings. The number of hydrogen-bond acceptors (Lipinski definition) is 5. The summed E-state index contributed by atoms with van der Waals surface area (Å²) in [6.45, 7) is 0. The number of esters is 1. The van der Waals surface area contributed by atoms with E-state index < -0.39 is 0 Å². The van der Waals surface area contributed by atoms with Crippen LogP contribution in [-0.2, 0) is 11.2 Å². The molecule has 0 bridgehead atoms. The lowest BCUT2D eigenvalue weighted by atomic mass is 10.0. The molecule has 2 aromatic rings. The van der Waals surface area contributed by atoms with Crippen LogP contribution in [0.25, 0.3) is 5.65 Å². The Morgan fingerprint density at radius 1 is 1.55 bits per heavy atom. The van der Waals surface area contributed by atoms with Crippen LogP contribution in [0.1, 0.15) is 29.0 Å². The number of hydrogen-bond donors (Lipinski definition) is 0. The van der Waals surface area contributed by atoms with E-state index >= 15 is 0 Å². The summed E-state index contributed by atoms with van der Waals surface area (Å²) < 4.78 is 6.37. The van der Waals surface area contributed by atoms with E-state index in [4.69, 9.17) is 4.74 Å². The van der Waals surface area contributed by atoms with E-state index in [1.807, 2.05) is 11.8 Å². The molecule has 0 radical (unpaired) electrons. The summed E-state index contributed by atoms with van der Waals surface area (Å²) in [6.07, 6.45) is 5.14. The maximum Gasteiger partial charge on any atom is 0.339 e. The molecule has 20 heavy (non-hydrogen) atoms. The number of rotatable bonds is 3. The van der Waals surface area contributed by atoms with Crippen molar-refractivity contribution in [3.05, 3.63) is 29.7 Å². The Bertz CT molecular complexity index is 620. The molecule has 1 aliphatic heterocycles. The highest BCUT2D eigenvalue weighted by molar-refractivity contribution is 7.99. The standard InChI is InChI=1S/C14H17N3O2S/c1-19-14(18)11-4-5-13-15-12(16-17(13)8-11)7-10-3-2-6-20-9-10/h4-5,8,10H,2-3,6-7,9H2,1H3. The van der Waals surface area contributed by atoms with Crippen LogP contribution in [0.4, 0.5) is 0 Å². The van der Waals surface area contributed by atoms with Gasteiger partial charge in [0, 0.05) is 12.6 Å². The van der Waals surface area contributed by atoms with Gasteiger partial charge in [-0.05, 0) is 42.4 Å². The molecule has 0 aromatic carbocycles. The SMILES string of the molecule is COC(=O)c1ccc2nc(CC3CCCSC3)nn2c1. The first kappa shape index (κ1) is 13.4. The van der Waals surface area contributed by atoms with E-state index in [-0.39, 0.29) is 5.97 Å². The molecule has 106 valence electrons. The third kappa shape index (κ3) is 2.80. The van der Waals surface area contributed by atoms with Crippen LogP contribution in [0, 0.1) is 5.92 Å². The zero-order chi connectivity index (χ0) is 13.9. The second kappa shape index (κ2) is 5.83. The lowest BCUT2D eigenvalue weighted by molar-refractivity contribution is 0.0600. The molecule has 0 N–H and O–H groups in total. The fourth-order valence-corrected chi connectivity index (χ4v) is 3.64. The first-order chi connectivity index (χ1) is 9.76. The summed E-state index contributed by atoms with van der Waals surface area (Å²) in [5.41, 5.74) is 1.26. The van der Waals surface area contributed by atoms with E-state index in [0.29, 0.717) is 11.5 Å². The van der Waals surface area contributed by atoms with Crippen molar-refractivity contribution in [3.8, 4) is 0 Å². The molecule has 1 atom stereocenters. The average Bonchev–Trinajstić information content (AvgIpc) is 2.88. The molecule has 0 amide bonds. The number of nitrogens with zero attached hydrogens (tertiary/aromatic N) is 3. The minimum atomic E-state index is -0.354. The van der Waals surface area contributed by atoms with E-state index in [1.54, 1.807) is 22.8 Å². The van der Waals surface area contributed by atoms with Crippen LogP contribution in [0.2, 0.25) is 0 Å². The van der Waals surface area contributed by atoms with Gasteiger partial charge in [-0.25, -0.2) is 14.3 Å². The Kier molecular flexibility index (Phi) is 3.91. The van der Waals surface area contributed by atoms with E-state index in [1.165, 1.54) is 31.5 Å². The summed E-state index contributed by atoms with van der Waals surface area (Å²) in [5, 5.41) is 4.47. The van der Waals surface area contributed by atoms with Crippen LogP contribution in [0.5, 0.6) is 0 Å². The predicted molar refractivity (Wildman–Crippen MR) is 78.1 cm³/mol. The maximum atomic E-state index is 11.5. The lowest BCUT2D eigenvalue weighted by Gasteiger charge is -2.19. The summed E-state index contributed by atoms with van der Waals surface area (Å²) in [7, 11) is 1.38. The molecule has 0 aliphatic carbocycles. The molecular weight excluding hydrogens is 274 g/mol. The Labute approximate surface area is 121 Å². The number of methoxy groups -OCH3 is 1. The fourth-order valence-electron chi connectivity index (χ4n) is 2.48. The molecule has 1 unspecified atom stereocenters. The molecule has 0 spiro atoms. The molecule has 3 heterocycles. The quantitative estimate of drug-likeness (QED) is 0.811. The molecule has 1 saturated heterocycles. The zero-order valence-corrected chi connectivity index (χ0v) is 12.2. The number of carbonyl (C=O) groups excluding carboxylic acids is 1. The van der Waals surface area contributed by atoms with E-state index in [2.05, 4.69) is 10.1 Å². The number of carbonyl (C=O) groups is 1. The van der Waals surface area contributed by atoms with E-state index in [9.17, 15) is 4.79 Å². The minimum absolute atomic E-state index is 0.354. The summed E-state index contributed by atoms with van der Waals surface area (Å²) in [4.78, 5) is 16.0. The van der Waals surface area contributed by atoms with Gasteiger partial charge in [0.05, 0.1) is 12.7 Å². The van der Waals surface area contributed by atoms with Gasteiger partial charge in [-0.2, -0.15) is 16.9 Å². The van der Waals surface area contributed by atoms with Crippen molar-refractivity contribution in [1.82, 2.24) is 14.6 Å². The number of ether oxygens (including phenoxy) is 1. The molecule has 0 saturated carbocycles. The molecule has 6 heteroatoms. The highest BCUT2D eigenvalue weighted by Crippen LogP contribution is 2.25. The smallest absolute Gasteiger partial charge is 0.339 e. The van der Waals surface area contributed by atoms with Crippen molar-refractivity contribution in [3.63, 3.8) is 0 Å². The molecule has 1 fully saturated rings. The third-order valence-electron chi connectivity index (χ3n) is 3.52. The van der Waals surface area contributed by atoms with E-state index in [0.717, 1.165) is 17.9 Å². The largest absolute Gasteiger partial charge is 0.465 e. The van der Waals surface area contributed by atoms with Crippen molar-refractivity contribution in [2.24, 2.45) is 5.92 Å². The molecular formula is C14H17N3O2S. The maximum absolute atomic E-state index is 11.5. The summed E-state index contributed by atoms with van der Waals surface area (Å²) in [6, 6.07) is 3.52. The third-order valence-corrected chi connectivity index (χ3v) is 4.81. The van der Waals surface area contributed by atoms with Gasteiger partial charge in [-0.1, -0.05) is 0 Å². The number of aromatic nitrogens is 3. The van der Waals surface area contributed by atoms with Crippen molar-refractivity contribution in [2.75, 3.05) is 18.6 Å². The second-order valence-corrected chi connectivity index (χ2v) is 6.18. The van der Waals surface area contributed by atoms with Gasteiger partial charge in [0.25, 0.3) is 0 Å². The Hall–Kier alpha value is -1.56. The van der Waals surface area contributed by atoms with Crippen molar-refractivity contribution in [2.45, 2.75) is 19.3 Å². The van der Waals surface area contributed by atoms with Crippen LogP contribution in [0.15, 0.2) is 18.3 Å². The van der Waals surface area contributed by atoms with Gasteiger partial charge in [0.1, 0.15) is 0 Å². The second-order valence-electron chi connectivity index (χ2n) is 5.03. The number of pyridine rings is 1. The van der Waals surface area contributed by atoms with Crippen LogP contribution >= 0.6 is 11.8 Å². The van der Waals surface area contributed by atoms with Gasteiger partial charge in [-0.15, -0.1) is 0 Å².